The van der Waals surface area contributed by atoms with Crippen LogP contribution < -0.4 is 0 Å². The molecule has 45 heavy (non-hydrogen) atoms. The SMILES string of the molecule is C=C(C)C(O)CC=C(C)C1CCC2(C)C1C(O)CC1C3(C)CCC(O)C(C)(C)C3C(OC3OC(CO)C(O)C(O)C3O)CC12C. The lowest BCUT2D eigenvalue weighted by molar-refractivity contribution is -0.346. The van der Waals surface area contributed by atoms with Crippen LogP contribution in [0, 0.1) is 45.3 Å². The number of fused-ring (bicyclic) bond motifs is 5. The van der Waals surface area contributed by atoms with Gasteiger partial charge in [-0.25, -0.2) is 0 Å². The van der Waals surface area contributed by atoms with E-state index in [1.54, 1.807) is 0 Å². The molecule has 0 radical (unpaired) electrons. The van der Waals surface area contributed by atoms with Gasteiger partial charge >= 0.3 is 0 Å². The summed E-state index contributed by atoms with van der Waals surface area (Å²) in [6.07, 6.45) is -1.78. The van der Waals surface area contributed by atoms with Crippen LogP contribution in [0.5, 0.6) is 0 Å². The van der Waals surface area contributed by atoms with Crippen LogP contribution in [-0.4, -0.2) is 97.5 Å². The average molecular weight is 637 g/mol. The minimum Gasteiger partial charge on any atom is -0.394 e. The van der Waals surface area contributed by atoms with Crippen molar-refractivity contribution in [2.75, 3.05) is 6.61 Å². The summed E-state index contributed by atoms with van der Waals surface area (Å²) in [7, 11) is 0. The number of ether oxygens (including phenoxy) is 2. The predicted octanol–water partition coefficient (Wildman–Crippen LogP) is 3.07. The molecule has 7 N–H and O–H groups in total. The van der Waals surface area contributed by atoms with Gasteiger partial charge in [0.25, 0.3) is 0 Å². The second-order valence-corrected chi connectivity index (χ2v) is 16.8. The number of allylic oxidation sites excluding steroid dienone is 1. The predicted molar refractivity (Wildman–Crippen MR) is 170 cm³/mol. The van der Waals surface area contributed by atoms with Gasteiger partial charge < -0.3 is 45.2 Å². The zero-order chi connectivity index (χ0) is 33.4. The molecule has 0 amide bonds. The molecule has 258 valence electrons. The minimum absolute atomic E-state index is 0.0206. The Balaban J connectivity index is 1.54. The van der Waals surface area contributed by atoms with Crippen molar-refractivity contribution in [1.82, 2.24) is 0 Å². The molecule has 0 bridgehead atoms. The molecule has 9 heteroatoms. The quantitative estimate of drug-likeness (QED) is 0.165. The van der Waals surface area contributed by atoms with Gasteiger partial charge in [0.05, 0.1) is 31.0 Å². The molecule has 4 aliphatic carbocycles. The van der Waals surface area contributed by atoms with Gasteiger partial charge in [0.1, 0.15) is 24.4 Å². The molecular formula is C36H60O9. The number of hydrogen-bond donors (Lipinski definition) is 7. The molecule has 0 aromatic heterocycles. The van der Waals surface area contributed by atoms with Crippen LogP contribution in [0.4, 0.5) is 0 Å². The summed E-state index contributed by atoms with van der Waals surface area (Å²) in [5.41, 5.74) is 0.564. The number of aliphatic hydroxyl groups is 7. The lowest BCUT2D eigenvalue weighted by Crippen LogP contribution is -2.70. The molecule has 9 nitrogen and oxygen atoms in total. The number of aliphatic hydroxyl groups excluding tert-OH is 7. The van der Waals surface area contributed by atoms with Crippen molar-refractivity contribution in [3.05, 3.63) is 23.8 Å². The summed E-state index contributed by atoms with van der Waals surface area (Å²) >= 11 is 0. The standard InChI is InChI=1S/C36H60O9/c1-18(2)21(38)10-9-19(3)20-11-14-35(7)27(20)22(39)15-25-34(6)13-12-26(40)33(4,5)31(34)23(16-36(25,35)8)44-32-30(43)29(42)28(41)24(17-37)45-32/h9,20-32,37-43H,1,10-17H2,2-8H3. The average Bonchev–Trinajstić information content (AvgIpc) is 3.35. The van der Waals surface area contributed by atoms with E-state index in [2.05, 4.69) is 54.2 Å². The van der Waals surface area contributed by atoms with Gasteiger partial charge in [-0.05, 0) is 104 Å². The highest BCUT2D eigenvalue weighted by Gasteiger charge is 2.72. The monoisotopic (exact) mass is 636 g/mol. The Hall–Kier alpha value is -0.880. The molecule has 1 heterocycles. The lowest BCUT2D eigenvalue weighted by atomic mass is 9.34. The summed E-state index contributed by atoms with van der Waals surface area (Å²) < 4.78 is 12.6. The highest BCUT2D eigenvalue weighted by atomic mass is 16.7. The highest BCUT2D eigenvalue weighted by Crippen LogP contribution is 2.76. The summed E-state index contributed by atoms with van der Waals surface area (Å²) in [5.74, 6) is 0.210. The lowest BCUT2D eigenvalue weighted by Gasteiger charge is -2.72. The van der Waals surface area contributed by atoms with E-state index in [4.69, 9.17) is 9.47 Å². The smallest absolute Gasteiger partial charge is 0.186 e. The Kier molecular flexibility index (Phi) is 9.62. The zero-order valence-corrected chi connectivity index (χ0v) is 28.4. The third kappa shape index (κ3) is 5.41. The van der Waals surface area contributed by atoms with Crippen LogP contribution >= 0.6 is 0 Å². The maximum Gasteiger partial charge on any atom is 0.186 e. The van der Waals surface area contributed by atoms with Gasteiger partial charge in [-0.1, -0.05) is 58.4 Å². The topological polar surface area (TPSA) is 160 Å². The van der Waals surface area contributed by atoms with Gasteiger partial charge in [-0.3, -0.25) is 0 Å². The van der Waals surface area contributed by atoms with Crippen molar-refractivity contribution < 1.29 is 45.2 Å². The Labute approximate surface area is 269 Å². The van der Waals surface area contributed by atoms with Crippen LogP contribution in [0.25, 0.3) is 0 Å². The van der Waals surface area contributed by atoms with Crippen molar-refractivity contribution in [3.8, 4) is 0 Å². The Morgan fingerprint density at radius 2 is 1.62 bits per heavy atom. The molecule has 0 aromatic rings. The van der Waals surface area contributed by atoms with Crippen molar-refractivity contribution in [2.45, 2.75) is 149 Å². The Morgan fingerprint density at radius 3 is 2.24 bits per heavy atom. The molecule has 0 spiro atoms. The van der Waals surface area contributed by atoms with Crippen LogP contribution in [0.3, 0.4) is 0 Å². The first-order valence-electron chi connectivity index (χ1n) is 17.2. The first kappa shape index (κ1) is 35.4. The summed E-state index contributed by atoms with van der Waals surface area (Å²) in [6, 6.07) is 0. The second kappa shape index (κ2) is 12.2. The van der Waals surface area contributed by atoms with Crippen LogP contribution in [0.15, 0.2) is 23.8 Å². The van der Waals surface area contributed by atoms with E-state index in [-0.39, 0.29) is 39.9 Å². The molecule has 1 saturated heterocycles. The van der Waals surface area contributed by atoms with Crippen molar-refractivity contribution >= 4 is 0 Å². The third-order valence-electron chi connectivity index (χ3n) is 14.2. The zero-order valence-electron chi connectivity index (χ0n) is 28.4. The Morgan fingerprint density at radius 1 is 0.956 bits per heavy atom. The molecule has 5 aliphatic rings. The molecular weight excluding hydrogens is 576 g/mol. The van der Waals surface area contributed by atoms with E-state index in [0.29, 0.717) is 25.7 Å². The van der Waals surface area contributed by atoms with Gasteiger partial charge in [-0.2, -0.15) is 0 Å². The van der Waals surface area contributed by atoms with Gasteiger partial charge in [0.15, 0.2) is 6.29 Å². The first-order valence-corrected chi connectivity index (χ1v) is 17.2. The molecule has 16 unspecified atom stereocenters. The van der Waals surface area contributed by atoms with Crippen LogP contribution in [0.2, 0.25) is 0 Å². The van der Waals surface area contributed by atoms with Crippen molar-refractivity contribution in [3.63, 3.8) is 0 Å². The normalized spacial score (nSPS) is 52.0. The molecule has 0 aromatic carbocycles. The number of rotatable bonds is 7. The molecule has 5 rings (SSSR count). The molecule has 4 saturated carbocycles. The van der Waals surface area contributed by atoms with E-state index in [1.807, 2.05) is 6.92 Å². The minimum atomic E-state index is -1.54. The fourth-order valence-electron chi connectivity index (χ4n) is 11.5. The van der Waals surface area contributed by atoms with Gasteiger partial charge in [0, 0.05) is 0 Å². The van der Waals surface area contributed by atoms with E-state index in [1.165, 1.54) is 5.57 Å². The molecule has 5 fully saturated rings. The van der Waals surface area contributed by atoms with E-state index < -0.39 is 67.1 Å². The summed E-state index contributed by atoms with van der Waals surface area (Å²) in [4.78, 5) is 0. The largest absolute Gasteiger partial charge is 0.394 e. The summed E-state index contributed by atoms with van der Waals surface area (Å²) in [5, 5.41) is 75.6. The fraction of sp³-hybridized carbons (Fsp3) is 0.889. The van der Waals surface area contributed by atoms with Crippen molar-refractivity contribution in [1.29, 1.82) is 0 Å². The Bertz CT molecular complexity index is 1140. The van der Waals surface area contributed by atoms with Gasteiger partial charge in [0.2, 0.25) is 0 Å². The number of hydrogen-bond acceptors (Lipinski definition) is 9. The fourth-order valence-corrected chi connectivity index (χ4v) is 11.5. The van der Waals surface area contributed by atoms with Crippen LogP contribution in [-0.2, 0) is 9.47 Å². The van der Waals surface area contributed by atoms with E-state index in [9.17, 15) is 35.7 Å². The van der Waals surface area contributed by atoms with E-state index in [0.717, 1.165) is 24.8 Å². The maximum atomic E-state index is 12.0. The highest BCUT2D eigenvalue weighted by molar-refractivity contribution is 5.24. The first-order chi connectivity index (χ1) is 20.8. The third-order valence-corrected chi connectivity index (χ3v) is 14.2. The van der Waals surface area contributed by atoms with Crippen molar-refractivity contribution in [2.24, 2.45) is 45.3 Å². The summed E-state index contributed by atoms with van der Waals surface area (Å²) in [6.45, 7) is 18.4. The van der Waals surface area contributed by atoms with Gasteiger partial charge in [-0.15, -0.1) is 0 Å². The van der Waals surface area contributed by atoms with E-state index >= 15 is 0 Å². The van der Waals surface area contributed by atoms with Crippen LogP contribution in [0.1, 0.15) is 93.4 Å². The molecule has 16 atom stereocenters. The maximum absolute atomic E-state index is 12.0. The second-order valence-electron chi connectivity index (χ2n) is 16.8. The molecule has 1 aliphatic heterocycles.